The average Bonchev–Trinajstić information content (AvgIpc) is 2.75. The van der Waals surface area contributed by atoms with Gasteiger partial charge in [-0.15, -0.1) is 0 Å². The van der Waals surface area contributed by atoms with Crippen LogP contribution < -0.4 is 10.6 Å². The second-order valence-corrected chi connectivity index (χ2v) is 7.63. The van der Waals surface area contributed by atoms with Gasteiger partial charge in [-0.1, -0.05) is 34.1 Å². The van der Waals surface area contributed by atoms with E-state index in [4.69, 9.17) is 0 Å². The van der Waals surface area contributed by atoms with Crippen LogP contribution in [0.15, 0.2) is 59.1 Å². The monoisotopic (exact) mass is 458 g/mol. The molecule has 152 valence electrons. The van der Waals surface area contributed by atoms with Crippen molar-refractivity contribution >= 4 is 39.3 Å². The number of hydrogen-bond donors (Lipinski definition) is 2. The van der Waals surface area contributed by atoms with E-state index in [9.17, 15) is 14.4 Å². The number of halogens is 1. The molecule has 0 aromatic heterocycles. The van der Waals surface area contributed by atoms with Crippen LogP contribution in [0.1, 0.15) is 10.4 Å². The fourth-order valence-corrected chi connectivity index (χ4v) is 3.33. The molecular formula is C21H23BrN4O3. The molecule has 0 saturated carbocycles. The highest BCUT2D eigenvalue weighted by molar-refractivity contribution is 9.10. The van der Waals surface area contributed by atoms with Gasteiger partial charge in [0.1, 0.15) is 0 Å². The first-order valence-electron chi connectivity index (χ1n) is 9.44. The summed E-state index contributed by atoms with van der Waals surface area (Å²) in [5.74, 6) is -1.30. The van der Waals surface area contributed by atoms with Crippen molar-refractivity contribution in [3.63, 3.8) is 0 Å². The normalized spacial score (nSPS) is 14.3. The Balaban J connectivity index is 1.36. The van der Waals surface area contributed by atoms with Gasteiger partial charge in [-0.05, 0) is 36.4 Å². The summed E-state index contributed by atoms with van der Waals surface area (Å²) in [5.41, 5.74) is 1.26. The van der Waals surface area contributed by atoms with Crippen LogP contribution in [0.25, 0.3) is 0 Å². The van der Waals surface area contributed by atoms with Crippen LogP contribution >= 0.6 is 15.9 Å². The minimum absolute atomic E-state index is 0.0306. The van der Waals surface area contributed by atoms with Gasteiger partial charge in [-0.25, -0.2) is 0 Å². The van der Waals surface area contributed by atoms with Gasteiger partial charge in [0.2, 0.25) is 0 Å². The van der Waals surface area contributed by atoms with E-state index in [1.165, 1.54) is 0 Å². The number of piperazine rings is 1. The first-order chi connectivity index (χ1) is 14.0. The van der Waals surface area contributed by atoms with E-state index in [2.05, 4.69) is 31.5 Å². The summed E-state index contributed by atoms with van der Waals surface area (Å²) in [6.45, 7) is 3.74. The summed E-state index contributed by atoms with van der Waals surface area (Å²) < 4.78 is 0.943. The minimum atomic E-state index is -0.680. The van der Waals surface area contributed by atoms with Gasteiger partial charge >= 0.3 is 11.8 Å². The van der Waals surface area contributed by atoms with Crippen molar-refractivity contribution in [2.75, 3.05) is 44.6 Å². The highest BCUT2D eigenvalue weighted by Crippen LogP contribution is 2.13. The number of carbonyl (C=O) groups excluding carboxylic acids is 3. The van der Waals surface area contributed by atoms with Gasteiger partial charge in [0.05, 0.1) is 0 Å². The molecule has 1 aliphatic rings. The maximum atomic E-state index is 12.5. The Kier molecular flexibility index (Phi) is 7.37. The topological polar surface area (TPSA) is 81.8 Å². The highest BCUT2D eigenvalue weighted by atomic mass is 79.9. The fraction of sp³-hybridized carbons (Fsp3) is 0.286. The zero-order valence-electron chi connectivity index (χ0n) is 15.9. The van der Waals surface area contributed by atoms with Crippen LogP contribution in [0, 0.1) is 0 Å². The number of nitrogens with one attached hydrogen (secondary N) is 2. The SMILES string of the molecule is O=C(NCCN1CCN(C(=O)c2ccc(Br)cc2)CC1)C(=O)Nc1ccccc1. The second kappa shape index (κ2) is 10.2. The third-order valence-corrected chi connectivity index (χ3v) is 5.23. The summed E-state index contributed by atoms with van der Waals surface area (Å²) in [7, 11) is 0. The lowest BCUT2D eigenvalue weighted by Crippen LogP contribution is -2.50. The molecule has 1 heterocycles. The molecule has 1 aliphatic heterocycles. The molecule has 0 bridgehead atoms. The van der Waals surface area contributed by atoms with Crippen LogP contribution in [0.5, 0.6) is 0 Å². The molecule has 0 atom stereocenters. The lowest BCUT2D eigenvalue weighted by Gasteiger charge is -2.34. The number of rotatable bonds is 5. The molecule has 0 unspecified atom stereocenters. The van der Waals surface area contributed by atoms with Crippen LogP contribution in [0.2, 0.25) is 0 Å². The Labute approximate surface area is 178 Å². The number of anilines is 1. The summed E-state index contributed by atoms with van der Waals surface area (Å²) in [6.07, 6.45) is 0. The Morgan fingerprint density at radius 2 is 1.52 bits per heavy atom. The van der Waals surface area contributed by atoms with Crippen molar-refractivity contribution in [3.8, 4) is 0 Å². The van der Waals surface area contributed by atoms with Crippen LogP contribution in [-0.4, -0.2) is 66.8 Å². The predicted octanol–water partition coefficient (Wildman–Crippen LogP) is 1.96. The molecule has 8 heteroatoms. The second-order valence-electron chi connectivity index (χ2n) is 6.72. The summed E-state index contributed by atoms with van der Waals surface area (Å²) in [4.78, 5) is 40.3. The van der Waals surface area contributed by atoms with Crippen molar-refractivity contribution < 1.29 is 14.4 Å². The zero-order chi connectivity index (χ0) is 20.6. The van der Waals surface area contributed by atoms with Gasteiger partial charge in [0, 0.05) is 55.0 Å². The van der Waals surface area contributed by atoms with Crippen molar-refractivity contribution in [2.45, 2.75) is 0 Å². The van der Waals surface area contributed by atoms with Gasteiger partial charge in [0.25, 0.3) is 5.91 Å². The average molecular weight is 459 g/mol. The minimum Gasteiger partial charge on any atom is -0.347 e. The van der Waals surface area contributed by atoms with E-state index in [0.717, 1.165) is 17.6 Å². The number of nitrogens with zero attached hydrogens (tertiary/aromatic N) is 2. The number of benzene rings is 2. The van der Waals surface area contributed by atoms with Crippen molar-refractivity contribution in [1.82, 2.24) is 15.1 Å². The molecule has 1 fully saturated rings. The molecule has 29 heavy (non-hydrogen) atoms. The molecule has 1 saturated heterocycles. The van der Waals surface area contributed by atoms with E-state index in [-0.39, 0.29) is 5.91 Å². The number of para-hydroxylation sites is 1. The van der Waals surface area contributed by atoms with Crippen LogP contribution in [0.4, 0.5) is 5.69 Å². The van der Waals surface area contributed by atoms with E-state index < -0.39 is 11.8 Å². The maximum Gasteiger partial charge on any atom is 0.313 e. The van der Waals surface area contributed by atoms with Crippen LogP contribution in [0.3, 0.4) is 0 Å². The molecule has 7 nitrogen and oxygen atoms in total. The molecule has 0 aliphatic carbocycles. The molecule has 0 radical (unpaired) electrons. The lowest BCUT2D eigenvalue weighted by molar-refractivity contribution is -0.136. The Morgan fingerprint density at radius 1 is 0.862 bits per heavy atom. The first-order valence-corrected chi connectivity index (χ1v) is 10.2. The van der Waals surface area contributed by atoms with Gasteiger partial charge in [-0.3, -0.25) is 19.3 Å². The standard InChI is InChI=1S/C21H23BrN4O3/c22-17-8-6-16(7-9-17)21(29)26-14-12-25(13-15-26)11-10-23-19(27)20(28)24-18-4-2-1-3-5-18/h1-9H,10-15H2,(H,23,27)(H,24,28). The smallest absolute Gasteiger partial charge is 0.313 e. The molecule has 2 N–H and O–H groups in total. The maximum absolute atomic E-state index is 12.5. The van der Waals surface area contributed by atoms with E-state index in [1.54, 1.807) is 24.3 Å². The third kappa shape index (κ3) is 6.13. The summed E-state index contributed by atoms with van der Waals surface area (Å²) in [5, 5.41) is 5.19. The Bertz CT molecular complexity index is 850. The number of carbonyl (C=O) groups is 3. The van der Waals surface area contributed by atoms with Crippen molar-refractivity contribution in [1.29, 1.82) is 0 Å². The molecular weight excluding hydrogens is 436 g/mol. The van der Waals surface area contributed by atoms with E-state index >= 15 is 0 Å². The van der Waals surface area contributed by atoms with Gasteiger partial charge in [0.15, 0.2) is 0 Å². The zero-order valence-corrected chi connectivity index (χ0v) is 17.5. The summed E-state index contributed by atoms with van der Waals surface area (Å²) in [6, 6.07) is 16.2. The lowest BCUT2D eigenvalue weighted by atomic mass is 10.2. The van der Waals surface area contributed by atoms with Gasteiger partial charge < -0.3 is 15.5 Å². The highest BCUT2D eigenvalue weighted by Gasteiger charge is 2.22. The van der Waals surface area contributed by atoms with E-state index in [1.807, 2.05) is 35.2 Å². The predicted molar refractivity (Wildman–Crippen MR) is 115 cm³/mol. The number of amides is 3. The Hall–Kier alpha value is -2.71. The first kappa shape index (κ1) is 21.0. The van der Waals surface area contributed by atoms with Crippen molar-refractivity contribution in [2.24, 2.45) is 0 Å². The fourth-order valence-electron chi connectivity index (χ4n) is 3.07. The largest absolute Gasteiger partial charge is 0.347 e. The molecule has 0 spiro atoms. The van der Waals surface area contributed by atoms with Crippen LogP contribution in [-0.2, 0) is 9.59 Å². The Morgan fingerprint density at radius 3 is 2.17 bits per heavy atom. The van der Waals surface area contributed by atoms with Gasteiger partial charge in [-0.2, -0.15) is 0 Å². The molecule has 2 aromatic carbocycles. The molecule has 2 aromatic rings. The molecule has 3 rings (SSSR count). The third-order valence-electron chi connectivity index (χ3n) is 4.70. The van der Waals surface area contributed by atoms with Crippen molar-refractivity contribution in [3.05, 3.63) is 64.6 Å². The molecule has 3 amide bonds. The summed E-state index contributed by atoms with van der Waals surface area (Å²) >= 11 is 3.37. The quantitative estimate of drug-likeness (QED) is 0.670. The van der Waals surface area contributed by atoms with E-state index in [0.29, 0.717) is 37.4 Å². The number of hydrogen-bond acceptors (Lipinski definition) is 4.